The first kappa shape index (κ1) is 22.7. The summed E-state index contributed by atoms with van der Waals surface area (Å²) in [5.74, 6) is 0.0819. The summed E-state index contributed by atoms with van der Waals surface area (Å²) in [5, 5.41) is 10.5. The van der Waals surface area contributed by atoms with Crippen molar-refractivity contribution in [3.05, 3.63) is 47.2 Å². The van der Waals surface area contributed by atoms with Gasteiger partial charge in [-0.25, -0.2) is 4.98 Å². The highest BCUT2D eigenvalue weighted by molar-refractivity contribution is 5.97. The zero-order valence-electron chi connectivity index (χ0n) is 19.2. The van der Waals surface area contributed by atoms with Crippen molar-refractivity contribution in [2.24, 2.45) is 11.8 Å². The van der Waals surface area contributed by atoms with Gasteiger partial charge in [0.1, 0.15) is 5.52 Å². The second-order valence-electron chi connectivity index (χ2n) is 9.78. The Morgan fingerprint density at radius 3 is 2.31 bits per heavy atom. The molecule has 188 valence electrons. The zero-order chi connectivity index (χ0) is 25.0. The molecule has 0 bridgehead atoms. The van der Waals surface area contributed by atoms with E-state index < -0.39 is 12.8 Å². The summed E-state index contributed by atoms with van der Waals surface area (Å²) in [7, 11) is 0. The van der Waals surface area contributed by atoms with E-state index in [1.807, 2.05) is 4.90 Å². The van der Waals surface area contributed by atoms with Crippen molar-refractivity contribution < 1.29 is 27.5 Å². The lowest BCUT2D eigenvalue weighted by atomic mass is 10.0. The molecule has 1 N–H and O–H groups in total. The van der Waals surface area contributed by atoms with Gasteiger partial charge in [0, 0.05) is 55.3 Å². The van der Waals surface area contributed by atoms with Gasteiger partial charge >= 0.3 is 6.18 Å². The fourth-order valence-electron chi connectivity index (χ4n) is 5.21. The second kappa shape index (κ2) is 8.45. The first-order valence-electron chi connectivity index (χ1n) is 11.8. The molecule has 2 aromatic heterocycles. The Kier molecular flexibility index (Phi) is 5.34. The number of hydrogen-bond acceptors (Lipinski definition) is 6. The Bertz CT molecular complexity index is 1320. The summed E-state index contributed by atoms with van der Waals surface area (Å²) in [5.41, 5.74) is 2.86. The largest absolute Gasteiger partial charge is 0.468 e. The number of benzene rings is 1. The van der Waals surface area contributed by atoms with Crippen LogP contribution < -0.4 is 4.74 Å². The maximum Gasteiger partial charge on any atom is 0.422 e. The van der Waals surface area contributed by atoms with Gasteiger partial charge in [-0.3, -0.25) is 14.7 Å². The molecule has 12 heteroatoms. The van der Waals surface area contributed by atoms with Crippen LogP contribution in [0.25, 0.3) is 11.0 Å². The van der Waals surface area contributed by atoms with E-state index in [0.29, 0.717) is 48.4 Å². The van der Waals surface area contributed by atoms with Crippen LogP contribution in [0.5, 0.6) is 5.88 Å². The number of carbonyl (C=O) groups excluding carboxylic acids is 2. The Labute approximate surface area is 203 Å². The molecule has 3 aliphatic rings. The van der Waals surface area contributed by atoms with Crippen LogP contribution in [0, 0.1) is 11.8 Å². The van der Waals surface area contributed by atoms with E-state index in [0.717, 1.165) is 18.4 Å². The summed E-state index contributed by atoms with van der Waals surface area (Å²) < 4.78 is 42.7. The summed E-state index contributed by atoms with van der Waals surface area (Å²) in [6.07, 6.45) is -1.49. The van der Waals surface area contributed by atoms with Crippen LogP contribution in [-0.4, -0.2) is 81.0 Å². The zero-order valence-corrected chi connectivity index (χ0v) is 19.2. The molecule has 0 spiro atoms. The van der Waals surface area contributed by atoms with E-state index in [1.54, 1.807) is 29.2 Å². The van der Waals surface area contributed by atoms with Crippen molar-refractivity contribution in [3.63, 3.8) is 0 Å². The molecule has 2 saturated heterocycles. The molecule has 3 fully saturated rings. The lowest BCUT2D eigenvalue weighted by Crippen LogP contribution is -2.35. The van der Waals surface area contributed by atoms with Gasteiger partial charge in [-0.05, 0) is 43.0 Å². The lowest BCUT2D eigenvalue weighted by molar-refractivity contribution is -0.154. The smallest absolute Gasteiger partial charge is 0.422 e. The Morgan fingerprint density at radius 2 is 1.67 bits per heavy atom. The molecule has 9 nitrogen and oxygen atoms in total. The number of aromatic nitrogens is 4. The van der Waals surface area contributed by atoms with Crippen LogP contribution in [0.4, 0.5) is 13.2 Å². The van der Waals surface area contributed by atoms with Gasteiger partial charge in [-0.15, -0.1) is 5.10 Å². The predicted molar refractivity (Wildman–Crippen MR) is 120 cm³/mol. The minimum atomic E-state index is -4.46. The standard InChI is InChI=1S/C24H23F3N6O3/c25-24(26,27)12-36-21-18(13-1-2-13)5-15(7-28-21)23(35)33-10-16-8-32(9-17(16)11-33)22(34)14-3-4-19-20(6-14)30-31-29-19/h3-7,13,16-17H,1-2,8-12H2,(H,29,30,31)/t16-,17-/m0/s1. The molecular formula is C24H23F3N6O3. The number of amides is 2. The highest BCUT2D eigenvalue weighted by atomic mass is 19.4. The number of nitrogens with zero attached hydrogens (tertiary/aromatic N) is 5. The molecule has 0 radical (unpaired) electrons. The van der Waals surface area contributed by atoms with Crippen LogP contribution in [0.15, 0.2) is 30.5 Å². The van der Waals surface area contributed by atoms with E-state index in [1.165, 1.54) is 6.20 Å². The van der Waals surface area contributed by atoms with E-state index in [4.69, 9.17) is 4.74 Å². The third-order valence-corrected chi connectivity index (χ3v) is 7.15. The molecule has 1 aromatic carbocycles. The van der Waals surface area contributed by atoms with Gasteiger partial charge in [0.2, 0.25) is 5.88 Å². The van der Waals surface area contributed by atoms with Crippen LogP contribution in [0.1, 0.15) is 45.0 Å². The maximum absolute atomic E-state index is 13.2. The highest BCUT2D eigenvalue weighted by Gasteiger charge is 2.43. The number of carbonyl (C=O) groups is 2. The number of halogens is 3. The predicted octanol–water partition coefficient (Wildman–Crippen LogP) is 3.02. The summed E-state index contributed by atoms with van der Waals surface area (Å²) >= 11 is 0. The van der Waals surface area contributed by atoms with Gasteiger partial charge in [-0.2, -0.15) is 13.2 Å². The average molecular weight is 500 g/mol. The molecule has 2 amide bonds. The third kappa shape index (κ3) is 4.35. The Balaban J connectivity index is 1.11. The fourth-order valence-corrected chi connectivity index (χ4v) is 5.21. The van der Waals surface area contributed by atoms with Crippen molar-refractivity contribution in [1.29, 1.82) is 0 Å². The average Bonchev–Trinajstić information content (AvgIpc) is 3.26. The first-order valence-corrected chi connectivity index (χ1v) is 11.8. The monoisotopic (exact) mass is 500 g/mol. The van der Waals surface area contributed by atoms with Crippen molar-refractivity contribution in [3.8, 4) is 5.88 Å². The van der Waals surface area contributed by atoms with Gasteiger partial charge in [0.05, 0.1) is 11.1 Å². The summed E-state index contributed by atoms with van der Waals surface area (Å²) in [6, 6.07) is 6.88. The van der Waals surface area contributed by atoms with Crippen molar-refractivity contribution in [2.45, 2.75) is 24.9 Å². The number of aromatic amines is 1. The summed E-state index contributed by atoms with van der Waals surface area (Å²) in [6.45, 7) is 0.728. The quantitative estimate of drug-likeness (QED) is 0.578. The molecule has 2 aliphatic heterocycles. The Hall–Kier alpha value is -3.70. The molecule has 4 heterocycles. The van der Waals surface area contributed by atoms with Crippen LogP contribution in [0.2, 0.25) is 0 Å². The molecule has 6 rings (SSSR count). The lowest BCUT2D eigenvalue weighted by Gasteiger charge is -2.22. The molecule has 36 heavy (non-hydrogen) atoms. The number of hydrogen-bond donors (Lipinski definition) is 1. The summed E-state index contributed by atoms with van der Waals surface area (Å²) in [4.78, 5) is 33.9. The molecule has 2 atom stereocenters. The van der Waals surface area contributed by atoms with Crippen molar-refractivity contribution in [1.82, 2.24) is 30.2 Å². The second-order valence-corrected chi connectivity index (χ2v) is 9.78. The van der Waals surface area contributed by atoms with E-state index in [2.05, 4.69) is 20.4 Å². The molecule has 0 unspecified atom stereocenters. The first-order chi connectivity index (χ1) is 17.2. The number of nitrogens with one attached hydrogen (secondary N) is 1. The number of fused-ring (bicyclic) bond motifs is 2. The number of rotatable bonds is 5. The van der Waals surface area contributed by atoms with Gasteiger partial charge < -0.3 is 14.5 Å². The number of alkyl halides is 3. The van der Waals surface area contributed by atoms with Crippen LogP contribution in [-0.2, 0) is 0 Å². The number of pyridine rings is 1. The maximum atomic E-state index is 13.2. The third-order valence-electron chi connectivity index (χ3n) is 7.15. The van der Waals surface area contributed by atoms with Gasteiger partial charge in [0.25, 0.3) is 11.8 Å². The highest BCUT2D eigenvalue weighted by Crippen LogP contribution is 2.44. The van der Waals surface area contributed by atoms with Crippen molar-refractivity contribution >= 4 is 22.8 Å². The van der Waals surface area contributed by atoms with Crippen LogP contribution >= 0.6 is 0 Å². The van der Waals surface area contributed by atoms with E-state index >= 15 is 0 Å². The minimum Gasteiger partial charge on any atom is -0.468 e. The molecular weight excluding hydrogens is 477 g/mol. The normalized spacial score (nSPS) is 21.8. The van der Waals surface area contributed by atoms with E-state index in [-0.39, 0.29) is 35.4 Å². The van der Waals surface area contributed by atoms with E-state index in [9.17, 15) is 22.8 Å². The number of likely N-dealkylation sites (tertiary alicyclic amines) is 2. The molecule has 1 saturated carbocycles. The SMILES string of the molecule is O=C(c1cnc(OCC(F)(F)F)c(C2CC2)c1)N1C[C@@H]2CN(C(=O)c3ccc4[nH]nnc4c3)C[C@H]2C1. The topological polar surface area (TPSA) is 104 Å². The van der Waals surface area contributed by atoms with Gasteiger partial charge in [0.15, 0.2) is 6.61 Å². The molecule has 3 aromatic rings. The Morgan fingerprint density at radius 1 is 1.00 bits per heavy atom. The fraction of sp³-hybridized carbons (Fsp3) is 0.458. The van der Waals surface area contributed by atoms with Gasteiger partial charge in [-0.1, -0.05) is 5.21 Å². The number of ether oxygens (including phenoxy) is 1. The van der Waals surface area contributed by atoms with Crippen molar-refractivity contribution in [2.75, 3.05) is 32.8 Å². The number of H-pyrrole nitrogens is 1. The minimum absolute atomic E-state index is 0.0531. The van der Waals surface area contributed by atoms with Crippen LogP contribution in [0.3, 0.4) is 0 Å². The molecule has 1 aliphatic carbocycles.